The summed E-state index contributed by atoms with van der Waals surface area (Å²) in [5.74, 6) is 0. The zero-order chi connectivity index (χ0) is 17.5. The Labute approximate surface area is 143 Å². The van der Waals surface area contributed by atoms with Crippen LogP contribution < -0.4 is 0 Å². The van der Waals surface area contributed by atoms with Crippen molar-refractivity contribution in [2.75, 3.05) is 6.54 Å². The Morgan fingerprint density at radius 1 is 1.21 bits per heavy atom. The summed E-state index contributed by atoms with van der Waals surface area (Å²) in [5, 5.41) is 4.77. The smallest absolute Gasteiger partial charge is 0.410 e. The molecule has 1 atom stereocenters. The summed E-state index contributed by atoms with van der Waals surface area (Å²) in [7, 11) is 0. The van der Waals surface area contributed by atoms with Crippen molar-refractivity contribution in [3.63, 3.8) is 0 Å². The molecule has 2 aromatic heterocycles. The Bertz CT molecular complexity index is 758. The van der Waals surface area contributed by atoms with Crippen LogP contribution in [-0.2, 0) is 4.74 Å². The highest BCUT2D eigenvalue weighted by Crippen LogP contribution is 2.32. The second-order valence-electron chi connectivity index (χ2n) is 7.77. The minimum Gasteiger partial charge on any atom is -0.444 e. The number of aromatic nitrogens is 2. The fourth-order valence-corrected chi connectivity index (χ4v) is 3.41. The molecule has 0 aromatic carbocycles. The zero-order valence-corrected chi connectivity index (χ0v) is 15.3. The normalized spacial score (nSPS) is 18.9. The molecule has 0 N–H and O–H groups in total. The number of nitrogens with zero attached hydrogens (tertiary/aromatic N) is 3. The quantitative estimate of drug-likeness (QED) is 0.778. The molecule has 5 nitrogen and oxygen atoms in total. The highest BCUT2D eigenvalue weighted by atomic mass is 16.6. The summed E-state index contributed by atoms with van der Waals surface area (Å²) in [4.78, 5) is 14.4. The second-order valence-corrected chi connectivity index (χ2v) is 7.77. The van der Waals surface area contributed by atoms with Gasteiger partial charge in [0.2, 0.25) is 0 Å². The SMILES string of the molecule is Cc1cc(C)n2nc([C@@H]3CCCCN3C(=O)OC(C)(C)C)cc2c1. The Hall–Kier alpha value is -2.04. The fraction of sp³-hybridized carbons (Fsp3) is 0.579. The highest BCUT2D eigenvalue weighted by molar-refractivity contribution is 5.69. The molecule has 130 valence electrons. The molecular weight excluding hydrogens is 302 g/mol. The van der Waals surface area contributed by atoms with Crippen LogP contribution in [0.3, 0.4) is 0 Å². The minimum atomic E-state index is -0.480. The number of carbonyl (C=O) groups is 1. The van der Waals surface area contributed by atoms with Gasteiger partial charge in [-0.1, -0.05) is 0 Å². The third kappa shape index (κ3) is 3.40. The van der Waals surface area contributed by atoms with Gasteiger partial charge in [-0.15, -0.1) is 0 Å². The van der Waals surface area contributed by atoms with Crippen LogP contribution in [0.2, 0.25) is 0 Å². The molecule has 0 saturated carbocycles. The van der Waals surface area contributed by atoms with Gasteiger partial charge >= 0.3 is 6.09 Å². The average molecular weight is 329 g/mol. The van der Waals surface area contributed by atoms with Gasteiger partial charge in [-0.2, -0.15) is 5.10 Å². The van der Waals surface area contributed by atoms with E-state index >= 15 is 0 Å². The number of hydrogen-bond donors (Lipinski definition) is 0. The summed E-state index contributed by atoms with van der Waals surface area (Å²) < 4.78 is 7.56. The Morgan fingerprint density at radius 2 is 1.96 bits per heavy atom. The molecule has 24 heavy (non-hydrogen) atoms. The molecule has 1 aliphatic heterocycles. The number of amides is 1. The number of rotatable bonds is 1. The molecule has 3 rings (SSSR count). The first kappa shape index (κ1) is 16.8. The average Bonchev–Trinajstić information content (AvgIpc) is 2.89. The van der Waals surface area contributed by atoms with Crippen LogP contribution in [0.25, 0.3) is 5.52 Å². The first-order chi connectivity index (χ1) is 11.2. The van der Waals surface area contributed by atoms with Gasteiger partial charge in [0.1, 0.15) is 5.60 Å². The first-order valence-electron chi connectivity index (χ1n) is 8.71. The summed E-state index contributed by atoms with van der Waals surface area (Å²) in [6.45, 7) is 10.6. The van der Waals surface area contributed by atoms with Crippen LogP contribution in [-0.4, -0.2) is 32.8 Å². The summed E-state index contributed by atoms with van der Waals surface area (Å²) in [5.41, 5.74) is 3.88. The molecule has 0 radical (unpaired) electrons. The Kier molecular flexibility index (Phi) is 4.28. The number of ether oxygens (including phenoxy) is 1. The van der Waals surface area contributed by atoms with Crippen LogP contribution in [0.15, 0.2) is 18.2 Å². The topological polar surface area (TPSA) is 46.8 Å². The van der Waals surface area contributed by atoms with E-state index in [-0.39, 0.29) is 12.1 Å². The van der Waals surface area contributed by atoms with Crippen molar-refractivity contribution in [2.24, 2.45) is 0 Å². The molecule has 2 aromatic rings. The maximum atomic E-state index is 12.6. The van der Waals surface area contributed by atoms with E-state index in [1.807, 2.05) is 30.2 Å². The van der Waals surface area contributed by atoms with Crippen molar-refractivity contribution in [3.8, 4) is 0 Å². The van der Waals surface area contributed by atoms with E-state index < -0.39 is 5.60 Å². The van der Waals surface area contributed by atoms with Crippen LogP contribution in [0.1, 0.15) is 63.0 Å². The van der Waals surface area contributed by atoms with Gasteiger partial charge < -0.3 is 4.74 Å². The Balaban J connectivity index is 1.93. The zero-order valence-electron chi connectivity index (χ0n) is 15.3. The third-order valence-electron chi connectivity index (χ3n) is 4.37. The van der Waals surface area contributed by atoms with Crippen molar-refractivity contribution in [1.82, 2.24) is 14.5 Å². The van der Waals surface area contributed by atoms with Crippen molar-refractivity contribution < 1.29 is 9.53 Å². The van der Waals surface area contributed by atoms with E-state index in [0.717, 1.165) is 42.7 Å². The predicted octanol–water partition coefficient (Wildman–Crippen LogP) is 4.41. The number of piperidine rings is 1. The molecule has 1 fully saturated rings. The molecule has 1 amide bonds. The third-order valence-corrected chi connectivity index (χ3v) is 4.37. The van der Waals surface area contributed by atoms with Gasteiger partial charge in [0.05, 0.1) is 17.3 Å². The predicted molar refractivity (Wildman–Crippen MR) is 94.2 cm³/mol. The molecule has 0 aliphatic carbocycles. The van der Waals surface area contributed by atoms with Crippen molar-refractivity contribution in [1.29, 1.82) is 0 Å². The lowest BCUT2D eigenvalue weighted by molar-refractivity contribution is 0.00898. The van der Waals surface area contributed by atoms with E-state index in [0.29, 0.717) is 0 Å². The molecule has 0 spiro atoms. The van der Waals surface area contributed by atoms with Crippen LogP contribution in [0.4, 0.5) is 4.79 Å². The van der Waals surface area contributed by atoms with Crippen LogP contribution in [0.5, 0.6) is 0 Å². The number of aryl methyl sites for hydroxylation is 2. The monoisotopic (exact) mass is 329 g/mol. The van der Waals surface area contributed by atoms with E-state index in [9.17, 15) is 4.79 Å². The van der Waals surface area contributed by atoms with Gasteiger partial charge in [0.25, 0.3) is 0 Å². The van der Waals surface area contributed by atoms with E-state index in [4.69, 9.17) is 9.84 Å². The largest absolute Gasteiger partial charge is 0.444 e. The van der Waals surface area contributed by atoms with E-state index in [2.05, 4.69) is 32.0 Å². The van der Waals surface area contributed by atoms with Gasteiger partial charge in [-0.25, -0.2) is 9.31 Å². The Morgan fingerprint density at radius 3 is 2.67 bits per heavy atom. The maximum absolute atomic E-state index is 12.6. The highest BCUT2D eigenvalue weighted by Gasteiger charge is 2.33. The molecule has 5 heteroatoms. The molecule has 3 heterocycles. The molecule has 0 bridgehead atoms. The lowest BCUT2D eigenvalue weighted by Gasteiger charge is -2.35. The van der Waals surface area contributed by atoms with Gasteiger partial charge in [0, 0.05) is 12.2 Å². The molecule has 0 unspecified atom stereocenters. The van der Waals surface area contributed by atoms with Gasteiger partial charge in [-0.05, 0) is 77.6 Å². The maximum Gasteiger partial charge on any atom is 0.410 e. The number of hydrogen-bond acceptors (Lipinski definition) is 3. The summed E-state index contributed by atoms with van der Waals surface area (Å²) in [6.07, 6.45) is 2.82. The van der Waals surface area contributed by atoms with E-state index in [1.165, 1.54) is 5.56 Å². The van der Waals surface area contributed by atoms with Gasteiger partial charge in [-0.3, -0.25) is 4.90 Å². The number of fused-ring (bicyclic) bond motifs is 1. The van der Waals surface area contributed by atoms with Crippen molar-refractivity contribution in [3.05, 3.63) is 35.2 Å². The fourth-order valence-electron chi connectivity index (χ4n) is 3.41. The lowest BCUT2D eigenvalue weighted by atomic mass is 10.00. The summed E-state index contributed by atoms with van der Waals surface area (Å²) in [6, 6.07) is 6.35. The molecular formula is C19H27N3O2. The minimum absolute atomic E-state index is 0.00629. The second kappa shape index (κ2) is 6.11. The molecule has 1 saturated heterocycles. The lowest BCUT2D eigenvalue weighted by Crippen LogP contribution is -2.42. The van der Waals surface area contributed by atoms with Crippen molar-refractivity contribution >= 4 is 11.6 Å². The number of likely N-dealkylation sites (tertiary alicyclic amines) is 1. The molecule has 1 aliphatic rings. The van der Waals surface area contributed by atoms with E-state index in [1.54, 1.807) is 0 Å². The van der Waals surface area contributed by atoms with Crippen LogP contribution in [0, 0.1) is 13.8 Å². The van der Waals surface area contributed by atoms with Crippen LogP contribution >= 0.6 is 0 Å². The van der Waals surface area contributed by atoms with Gasteiger partial charge in [0.15, 0.2) is 0 Å². The number of pyridine rings is 1. The summed E-state index contributed by atoms with van der Waals surface area (Å²) >= 11 is 0. The standard InChI is InChI=1S/C19H27N3O2/c1-13-10-14(2)22-15(11-13)12-16(20-22)17-8-6-7-9-21(17)18(23)24-19(3,4)5/h10-12,17H,6-9H2,1-5H3/t17-/m0/s1. The number of carbonyl (C=O) groups excluding carboxylic acids is 1. The van der Waals surface area contributed by atoms with Crippen molar-refractivity contribution in [2.45, 2.75) is 65.5 Å². The first-order valence-corrected chi connectivity index (χ1v) is 8.71.